The van der Waals surface area contributed by atoms with Gasteiger partial charge in [0.15, 0.2) is 0 Å². The lowest BCUT2D eigenvalue weighted by Crippen LogP contribution is -2.18. The molecule has 0 spiro atoms. The molecule has 5 rings (SSSR count). The lowest BCUT2D eigenvalue weighted by Gasteiger charge is -2.20. The Morgan fingerprint density at radius 1 is 0.750 bits per heavy atom. The Morgan fingerprint density at radius 3 is 1.91 bits per heavy atom. The molecular weight excluding hydrogens is 396 g/mol. The second kappa shape index (κ2) is 8.60. The minimum Gasteiger partial charge on any atom is -0.448 e. The molecule has 1 aliphatic rings. The number of rotatable bonds is 5. The summed E-state index contributed by atoms with van der Waals surface area (Å²) in [6, 6.07) is 34.5. The summed E-state index contributed by atoms with van der Waals surface area (Å²) in [6.45, 7) is 0.300. The highest BCUT2D eigenvalue weighted by Crippen LogP contribution is 2.44. The van der Waals surface area contributed by atoms with Crippen LogP contribution in [0, 0.1) is 0 Å². The van der Waals surface area contributed by atoms with Crippen LogP contribution >= 0.6 is 0 Å². The van der Waals surface area contributed by atoms with Gasteiger partial charge in [0.05, 0.1) is 0 Å². The fourth-order valence-electron chi connectivity index (χ4n) is 4.32. The van der Waals surface area contributed by atoms with E-state index in [9.17, 15) is 4.79 Å². The number of ether oxygens (including phenoxy) is 1. The quantitative estimate of drug-likeness (QED) is 0.385. The van der Waals surface area contributed by atoms with Gasteiger partial charge in [-0.1, -0.05) is 66.7 Å². The van der Waals surface area contributed by atoms with Crippen LogP contribution < -0.4 is 10.2 Å². The van der Waals surface area contributed by atoms with E-state index in [0.29, 0.717) is 12.3 Å². The molecule has 0 saturated carbocycles. The molecule has 4 nitrogen and oxygen atoms in total. The van der Waals surface area contributed by atoms with Crippen molar-refractivity contribution in [3.63, 3.8) is 0 Å². The predicted octanol–water partition coefficient (Wildman–Crippen LogP) is 6.82. The Hall–Kier alpha value is -4.05. The van der Waals surface area contributed by atoms with E-state index >= 15 is 0 Å². The van der Waals surface area contributed by atoms with Crippen LogP contribution in [0.5, 0.6) is 0 Å². The second-order valence-electron chi connectivity index (χ2n) is 7.89. The predicted molar refractivity (Wildman–Crippen MR) is 130 cm³/mol. The molecule has 0 fully saturated rings. The van der Waals surface area contributed by atoms with Gasteiger partial charge in [-0.05, 0) is 58.7 Å². The number of para-hydroxylation sites is 1. The molecule has 32 heavy (non-hydrogen) atoms. The summed E-state index contributed by atoms with van der Waals surface area (Å²) in [4.78, 5) is 14.6. The summed E-state index contributed by atoms with van der Waals surface area (Å²) in [7, 11) is 2.02. The number of benzene rings is 4. The molecule has 0 aromatic heterocycles. The first-order valence-electron chi connectivity index (χ1n) is 10.7. The van der Waals surface area contributed by atoms with Crippen LogP contribution in [0.15, 0.2) is 103 Å². The van der Waals surface area contributed by atoms with Crippen LogP contribution in [0.25, 0.3) is 11.1 Å². The fraction of sp³-hybridized carbons (Fsp3) is 0.107. The lowest BCUT2D eigenvalue weighted by atomic mass is 9.98. The van der Waals surface area contributed by atoms with E-state index in [4.69, 9.17) is 4.74 Å². The third-order valence-corrected chi connectivity index (χ3v) is 5.99. The molecule has 4 aromatic carbocycles. The zero-order valence-corrected chi connectivity index (χ0v) is 17.9. The van der Waals surface area contributed by atoms with Gasteiger partial charge in [-0.3, -0.25) is 5.32 Å². The summed E-state index contributed by atoms with van der Waals surface area (Å²) in [6.07, 6.45) is -0.448. The van der Waals surface area contributed by atoms with Crippen LogP contribution in [-0.2, 0) is 4.74 Å². The molecule has 0 saturated heterocycles. The number of hydrogen-bond acceptors (Lipinski definition) is 3. The Morgan fingerprint density at radius 2 is 1.28 bits per heavy atom. The first-order valence-corrected chi connectivity index (χ1v) is 10.7. The molecule has 0 atom stereocenters. The van der Waals surface area contributed by atoms with Gasteiger partial charge in [0.2, 0.25) is 0 Å². The van der Waals surface area contributed by atoms with Crippen molar-refractivity contribution in [2.45, 2.75) is 5.92 Å². The Bertz CT molecular complexity index is 1190. The van der Waals surface area contributed by atoms with E-state index in [0.717, 1.165) is 11.4 Å². The highest BCUT2D eigenvalue weighted by atomic mass is 16.5. The first kappa shape index (κ1) is 19.9. The smallest absolute Gasteiger partial charge is 0.411 e. The van der Waals surface area contributed by atoms with Crippen LogP contribution in [0.1, 0.15) is 17.0 Å². The molecular formula is C28H24N2O2. The summed E-state index contributed by atoms with van der Waals surface area (Å²) in [5.41, 5.74) is 7.68. The molecule has 0 bridgehead atoms. The molecule has 0 radical (unpaired) electrons. The van der Waals surface area contributed by atoms with Crippen molar-refractivity contribution in [1.29, 1.82) is 0 Å². The molecule has 158 valence electrons. The second-order valence-corrected chi connectivity index (χ2v) is 7.89. The monoisotopic (exact) mass is 420 g/mol. The maximum Gasteiger partial charge on any atom is 0.411 e. The molecule has 1 amide bonds. The molecule has 1 N–H and O–H groups in total. The molecule has 1 aliphatic carbocycles. The highest BCUT2D eigenvalue weighted by molar-refractivity contribution is 5.85. The summed E-state index contributed by atoms with van der Waals surface area (Å²) >= 11 is 0. The summed E-state index contributed by atoms with van der Waals surface area (Å²) in [5, 5.41) is 2.84. The van der Waals surface area contributed by atoms with Crippen molar-refractivity contribution >= 4 is 23.2 Å². The minimum atomic E-state index is -0.448. The van der Waals surface area contributed by atoms with Gasteiger partial charge in [-0.2, -0.15) is 0 Å². The molecule has 4 heteroatoms. The average Bonchev–Trinajstić information content (AvgIpc) is 3.17. The first-order chi connectivity index (χ1) is 15.7. The maximum absolute atomic E-state index is 12.5. The maximum atomic E-state index is 12.5. The number of nitrogens with one attached hydrogen (secondary N) is 1. The Labute approximate surface area is 188 Å². The van der Waals surface area contributed by atoms with E-state index in [2.05, 4.69) is 46.6 Å². The average molecular weight is 421 g/mol. The van der Waals surface area contributed by atoms with Crippen molar-refractivity contribution in [3.8, 4) is 11.1 Å². The van der Waals surface area contributed by atoms with Gasteiger partial charge in [-0.15, -0.1) is 0 Å². The van der Waals surface area contributed by atoms with Crippen molar-refractivity contribution in [2.24, 2.45) is 0 Å². The van der Waals surface area contributed by atoms with Crippen LogP contribution in [0.4, 0.5) is 21.9 Å². The van der Waals surface area contributed by atoms with E-state index in [1.165, 1.54) is 22.3 Å². The number of carbonyl (C=O) groups excluding carboxylic acids is 1. The van der Waals surface area contributed by atoms with E-state index < -0.39 is 6.09 Å². The number of hydrogen-bond donors (Lipinski definition) is 1. The van der Waals surface area contributed by atoms with Crippen LogP contribution in [0.3, 0.4) is 0 Å². The van der Waals surface area contributed by atoms with E-state index in [1.807, 2.05) is 73.8 Å². The van der Waals surface area contributed by atoms with Crippen molar-refractivity contribution in [1.82, 2.24) is 0 Å². The third-order valence-electron chi connectivity index (χ3n) is 5.99. The Kier molecular flexibility index (Phi) is 5.34. The lowest BCUT2D eigenvalue weighted by molar-refractivity contribution is 0.158. The van der Waals surface area contributed by atoms with Gasteiger partial charge in [0, 0.05) is 30.0 Å². The highest BCUT2D eigenvalue weighted by Gasteiger charge is 2.28. The largest absolute Gasteiger partial charge is 0.448 e. The molecule has 0 unspecified atom stereocenters. The molecule has 4 aromatic rings. The van der Waals surface area contributed by atoms with Gasteiger partial charge in [0.25, 0.3) is 0 Å². The third kappa shape index (κ3) is 3.83. The molecule has 0 heterocycles. The topological polar surface area (TPSA) is 41.6 Å². The van der Waals surface area contributed by atoms with E-state index in [1.54, 1.807) is 0 Å². The van der Waals surface area contributed by atoms with Crippen LogP contribution in [0.2, 0.25) is 0 Å². The van der Waals surface area contributed by atoms with Crippen molar-refractivity contribution in [2.75, 3.05) is 23.9 Å². The summed E-state index contributed by atoms with van der Waals surface area (Å²) < 4.78 is 5.63. The zero-order valence-electron chi connectivity index (χ0n) is 17.9. The van der Waals surface area contributed by atoms with Crippen LogP contribution in [-0.4, -0.2) is 19.7 Å². The fourth-order valence-corrected chi connectivity index (χ4v) is 4.32. The standard InChI is InChI=1S/C28H24N2O2/c1-30(21-9-3-2-4-10-21)22-17-15-20(16-18-22)29-28(31)32-19-27-25-13-7-5-11-23(25)24-12-6-8-14-26(24)27/h2-18,27H,19H2,1H3,(H,29,31). The molecule has 0 aliphatic heterocycles. The number of anilines is 3. The van der Waals surface area contributed by atoms with E-state index in [-0.39, 0.29) is 5.92 Å². The number of amides is 1. The SMILES string of the molecule is CN(c1ccccc1)c1ccc(NC(=O)OCC2c3ccccc3-c3ccccc32)cc1. The Balaban J connectivity index is 1.23. The summed E-state index contributed by atoms with van der Waals surface area (Å²) in [5.74, 6) is 0.0510. The van der Waals surface area contributed by atoms with Gasteiger partial charge < -0.3 is 9.64 Å². The number of carbonyl (C=O) groups is 1. The van der Waals surface area contributed by atoms with Gasteiger partial charge in [0.1, 0.15) is 6.61 Å². The van der Waals surface area contributed by atoms with Gasteiger partial charge >= 0.3 is 6.09 Å². The van der Waals surface area contributed by atoms with Gasteiger partial charge in [-0.25, -0.2) is 4.79 Å². The zero-order chi connectivity index (χ0) is 21.9. The number of nitrogens with zero attached hydrogens (tertiary/aromatic N) is 1. The number of fused-ring (bicyclic) bond motifs is 3. The van der Waals surface area contributed by atoms with Crippen molar-refractivity contribution in [3.05, 3.63) is 114 Å². The minimum absolute atomic E-state index is 0.0510. The normalized spacial score (nSPS) is 12.0. The van der Waals surface area contributed by atoms with Crippen molar-refractivity contribution < 1.29 is 9.53 Å².